The van der Waals surface area contributed by atoms with Gasteiger partial charge in [0.05, 0.1) is 31.5 Å². The summed E-state index contributed by atoms with van der Waals surface area (Å²) >= 11 is 0. The number of amides is 1. The molecule has 1 amide bonds. The van der Waals surface area contributed by atoms with Crippen molar-refractivity contribution in [2.75, 3.05) is 21.3 Å². The van der Waals surface area contributed by atoms with Gasteiger partial charge in [-0.05, 0) is 38.1 Å². The summed E-state index contributed by atoms with van der Waals surface area (Å²) in [6.45, 7) is 3.98. The predicted octanol–water partition coefficient (Wildman–Crippen LogP) is 3.81. The van der Waals surface area contributed by atoms with Crippen molar-refractivity contribution in [3.63, 3.8) is 0 Å². The van der Waals surface area contributed by atoms with Gasteiger partial charge in [0.2, 0.25) is 11.7 Å². The number of benzene rings is 2. The SMILES string of the molecule is COc1ccc(-c2noc(CN(C)C(=O)c3ccccc3OC(C)C)n2)c(OC)c1. The van der Waals surface area contributed by atoms with Crippen molar-refractivity contribution < 1.29 is 23.5 Å². The zero-order chi connectivity index (χ0) is 21.7. The van der Waals surface area contributed by atoms with Gasteiger partial charge in [0.25, 0.3) is 5.91 Å². The van der Waals surface area contributed by atoms with Crippen LogP contribution in [0.4, 0.5) is 0 Å². The Kier molecular flexibility index (Phi) is 6.56. The lowest BCUT2D eigenvalue weighted by atomic mass is 10.1. The molecule has 3 rings (SSSR count). The van der Waals surface area contributed by atoms with Gasteiger partial charge in [-0.25, -0.2) is 0 Å². The van der Waals surface area contributed by atoms with Crippen LogP contribution >= 0.6 is 0 Å². The first kappa shape index (κ1) is 21.2. The number of nitrogens with zero attached hydrogens (tertiary/aromatic N) is 3. The van der Waals surface area contributed by atoms with E-state index < -0.39 is 0 Å². The lowest BCUT2D eigenvalue weighted by Gasteiger charge is -2.18. The van der Waals surface area contributed by atoms with Gasteiger partial charge in [0.15, 0.2) is 0 Å². The molecule has 8 heteroatoms. The maximum atomic E-state index is 12.9. The number of aromatic nitrogens is 2. The summed E-state index contributed by atoms with van der Waals surface area (Å²) in [6, 6.07) is 12.5. The maximum absolute atomic E-state index is 12.9. The largest absolute Gasteiger partial charge is 0.497 e. The molecule has 0 saturated carbocycles. The van der Waals surface area contributed by atoms with Gasteiger partial charge >= 0.3 is 0 Å². The molecule has 0 radical (unpaired) electrons. The second-order valence-corrected chi connectivity index (χ2v) is 6.90. The van der Waals surface area contributed by atoms with E-state index in [0.29, 0.717) is 40.1 Å². The van der Waals surface area contributed by atoms with E-state index in [0.717, 1.165) is 0 Å². The Labute approximate surface area is 175 Å². The third-order valence-electron chi connectivity index (χ3n) is 4.32. The summed E-state index contributed by atoms with van der Waals surface area (Å²) in [4.78, 5) is 18.8. The molecule has 0 aliphatic rings. The molecule has 0 saturated heterocycles. The number of rotatable bonds is 8. The fraction of sp³-hybridized carbons (Fsp3) is 0.318. The summed E-state index contributed by atoms with van der Waals surface area (Å²) in [7, 11) is 4.81. The van der Waals surface area contributed by atoms with Gasteiger partial charge in [0.1, 0.15) is 23.8 Å². The van der Waals surface area contributed by atoms with Crippen LogP contribution in [0.1, 0.15) is 30.1 Å². The average molecular weight is 411 g/mol. The maximum Gasteiger partial charge on any atom is 0.257 e. The van der Waals surface area contributed by atoms with Gasteiger partial charge in [-0.1, -0.05) is 17.3 Å². The molecule has 0 fully saturated rings. The topological polar surface area (TPSA) is 86.9 Å². The highest BCUT2D eigenvalue weighted by Gasteiger charge is 2.20. The van der Waals surface area contributed by atoms with Crippen molar-refractivity contribution in [1.29, 1.82) is 0 Å². The quantitative estimate of drug-likeness (QED) is 0.557. The lowest BCUT2D eigenvalue weighted by Crippen LogP contribution is -2.27. The number of hydrogen-bond donors (Lipinski definition) is 0. The molecule has 1 aromatic heterocycles. The van der Waals surface area contributed by atoms with Crippen molar-refractivity contribution >= 4 is 5.91 Å². The predicted molar refractivity (Wildman–Crippen MR) is 111 cm³/mol. The van der Waals surface area contributed by atoms with Gasteiger partial charge in [-0.2, -0.15) is 4.98 Å². The lowest BCUT2D eigenvalue weighted by molar-refractivity contribution is 0.0763. The van der Waals surface area contributed by atoms with E-state index in [2.05, 4.69) is 10.1 Å². The van der Waals surface area contributed by atoms with Gasteiger partial charge in [-0.3, -0.25) is 4.79 Å². The molecular weight excluding hydrogens is 386 g/mol. The molecular formula is C22H25N3O5. The van der Waals surface area contributed by atoms with Crippen LogP contribution in [0.5, 0.6) is 17.2 Å². The highest BCUT2D eigenvalue weighted by molar-refractivity contribution is 5.96. The smallest absolute Gasteiger partial charge is 0.257 e. The average Bonchev–Trinajstić information content (AvgIpc) is 3.20. The Morgan fingerprint density at radius 1 is 1.10 bits per heavy atom. The molecule has 0 unspecified atom stereocenters. The molecule has 0 atom stereocenters. The fourth-order valence-electron chi connectivity index (χ4n) is 2.89. The molecule has 0 bridgehead atoms. The first-order chi connectivity index (χ1) is 14.4. The van der Waals surface area contributed by atoms with Crippen LogP contribution in [0.15, 0.2) is 47.0 Å². The van der Waals surface area contributed by atoms with Crippen molar-refractivity contribution in [3.8, 4) is 28.6 Å². The van der Waals surface area contributed by atoms with Crippen molar-refractivity contribution in [1.82, 2.24) is 15.0 Å². The van der Waals surface area contributed by atoms with Crippen LogP contribution in [0.25, 0.3) is 11.4 Å². The van der Waals surface area contributed by atoms with E-state index in [4.69, 9.17) is 18.7 Å². The molecule has 158 valence electrons. The second kappa shape index (κ2) is 9.30. The molecule has 3 aromatic rings. The summed E-state index contributed by atoms with van der Waals surface area (Å²) in [5.74, 6) is 2.24. The normalized spacial score (nSPS) is 10.7. The number of para-hydroxylation sites is 1. The van der Waals surface area contributed by atoms with Crippen LogP contribution in [0.3, 0.4) is 0 Å². The van der Waals surface area contributed by atoms with Crippen molar-refractivity contribution in [3.05, 3.63) is 53.9 Å². The summed E-state index contributed by atoms with van der Waals surface area (Å²) in [5, 5.41) is 4.02. The fourth-order valence-corrected chi connectivity index (χ4v) is 2.89. The number of ether oxygens (including phenoxy) is 3. The Balaban J connectivity index is 1.77. The minimum Gasteiger partial charge on any atom is -0.497 e. The highest BCUT2D eigenvalue weighted by Crippen LogP contribution is 2.31. The third kappa shape index (κ3) is 4.71. The van der Waals surface area contributed by atoms with Crippen molar-refractivity contribution in [2.24, 2.45) is 0 Å². The molecule has 30 heavy (non-hydrogen) atoms. The van der Waals surface area contributed by atoms with Crippen LogP contribution in [-0.4, -0.2) is 48.3 Å². The van der Waals surface area contributed by atoms with Gasteiger partial charge < -0.3 is 23.6 Å². The Morgan fingerprint density at radius 3 is 2.57 bits per heavy atom. The van der Waals surface area contributed by atoms with E-state index in [1.54, 1.807) is 57.7 Å². The van der Waals surface area contributed by atoms with Crippen LogP contribution < -0.4 is 14.2 Å². The third-order valence-corrected chi connectivity index (χ3v) is 4.32. The number of hydrogen-bond acceptors (Lipinski definition) is 7. The van der Waals surface area contributed by atoms with E-state index in [1.807, 2.05) is 19.9 Å². The summed E-state index contributed by atoms with van der Waals surface area (Å²) < 4.78 is 21.7. The Hall–Kier alpha value is -3.55. The first-order valence-electron chi connectivity index (χ1n) is 9.49. The van der Waals surface area contributed by atoms with Crippen LogP contribution in [-0.2, 0) is 6.54 Å². The molecule has 8 nitrogen and oxygen atoms in total. The molecule has 0 aliphatic heterocycles. The standard InChI is InChI=1S/C22H25N3O5/c1-14(2)29-18-9-7-6-8-17(18)22(26)25(3)13-20-23-21(24-30-20)16-11-10-15(27-4)12-19(16)28-5/h6-12,14H,13H2,1-5H3. The molecule has 0 aliphatic carbocycles. The molecule has 0 spiro atoms. The van der Waals surface area contributed by atoms with Crippen LogP contribution in [0.2, 0.25) is 0 Å². The zero-order valence-electron chi connectivity index (χ0n) is 17.7. The van der Waals surface area contributed by atoms with Gasteiger partial charge in [0, 0.05) is 13.1 Å². The van der Waals surface area contributed by atoms with E-state index >= 15 is 0 Å². The first-order valence-corrected chi connectivity index (χ1v) is 9.49. The molecule has 0 N–H and O–H groups in total. The number of methoxy groups -OCH3 is 2. The molecule has 2 aromatic carbocycles. The Morgan fingerprint density at radius 2 is 1.87 bits per heavy atom. The number of carbonyl (C=O) groups is 1. The molecule has 1 heterocycles. The highest BCUT2D eigenvalue weighted by atomic mass is 16.5. The summed E-state index contributed by atoms with van der Waals surface area (Å²) in [6.07, 6.45) is -0.0396. The van der Waals surface area contributed by atoms with Crippen LogP contribution in [0, 0.1) is 0 Å². The van der Waals surface area contributed by atoms with Crippen molar-refractivity contribution in [2.45, 2.75) is 26.5 Å². The van der Waals surface area contributed by atoms with E-state index in [1.165, 1.54) is 4.90 Å². The van der Waals surface area contributed by atoms with Gasteiger partial charge in [-0.15, -0.1) is 0 Å². The monoisotopic (exact) mass is 411 g/mol. The second-order valence-electron chi connectivity index (χ2n) is 6.90. The van der Waals surface area contributed by atoms with E-state index in [-0.39, 0.29) is 18.6 Å². The Bertz CT molecular complexity index is 1020. The minimum atomic E-state index is -0.201. The van der Waals surface area contributed by atoms with E-state index in [9.17, 15) is 4.79 Å². The summed E-state index contributed by atoms with van der Waals surface area (Å²) in [5.41, 5.74) is 1.14. The zero-order valence-corrected chi connectivity index (χ0v) is 17.7. The number of carbonyl (C=O) groups excluding carboxylic acids is 1. The minimum absolute atomic E-state index is 0.0396.